The number of ether oxygens (including phenoxy) is 1. The third-order valence-electron chi connectivity index (χ3n) is 3.35. The Kier molecular flexibility index (Phi) is 6.37. The lowest BCUT2D eigenvalue weighted by atomic mass is 10.1. The predicted molar refractivity (Wildman–Crippen MR) is 95.9 cm³/mol. The topological polar surface area (TPSA) is 75.6 Å². The summed E-state index contributed by atoms with van der Waals surface area (Å²) in [4.78, 5) is 23.8. The van der Waals surface area contributed by atoms with Crippen LogP contribution in [0.1, 0.15) is 40.5 Å². The van der Waals surface area contributed by atoms with E-state index in [1.807, 2.05) is 0 Å². The van der Waals surface area contributed by atoms with Crippen molar-refractivity contribution in [2.24, 2.45) is 0 Å². The minimum atomic E-state index is -1.10. The van der Waals surface area contributed by atoms with Crippen molar-refractivity contribution in [2.45, 2.75) is 19.8 Å². The summed E-state index contributed by atoms with van der Waals surface area (Å²) >= 11 is 3.34. The number of halogens is 1. The van der Waals surface area contributed by atoms with Crippen LogP contribution in [0.5, 0.6) is 5.75 Å². The number of hydrogen-bond donors (Lipinski definition) is 2. The van der Waals surface area contributed by atoms with E-state index < -0.39 is 11.9 Å². The number of rotatable bonds is 7. The molecule has 0 heterocycles. The van der Waals surface area contributed by atoms with E-state index in [-0.39, 0.29) is 11.3 Å². The highest BCUT2D eigenvalue weighted by molar-refractivity contribution is 9.10. The molecule has 0 saturated heterocycles. The van der Waals surface area contributed by atoms with Gasteiger partial charge in [0.1, 0.15) is 5.75 Å². The van der Waals surface area contributed by atoms with Crippen molar-refractivity contribution in [3.63, 3.8) is 0 Å². The number of unbranched alkanes of at least 4 members (excludes halogenated alkanes) is 1. The highest BCUT2D eigenvalue weighted by Crippen LogP contribution is 2.25. The van der Waals surface area contributed by atoms with Crippen LogP contribution in [0, 0.1) is 0 Å². The van der Waals surface area contributed by atoms with Crippen molar-refractivity contribution < 1.29 is 19.4 Å². The number of benzene rings is 2. The van der Waals surface area contributed by atoms with Crippen molar-refractivity contribution in [1.82, 2.24) is 0 Å². The molecule has 5 nitrogen and oxygen atoms in total. The Labute approximate surface area is 148 Å². The summed E-state index contributed by atoms with van der Waals surface area (Å²) in [6, 6.07) is 11.4. The molecule has 2 rings (SSSR count). The van der Waals surface area contributed by atoms with Crippen LogP contribution in [-0.2, 0) is 0 Å². The van der Waals surface area contributed by atoms with Gasteiger partial charge in [-0.1, -0.05) is 41.4 Å². The maximum atomic E-state index is 12.6. The van der Waals surface area contributed by atoms with Gasteiger partial charge < -0.3 is 15.2 Å². The highest BCUT2D eigenvalue weighted by Gasteiger charge is 2.17. The molecule has 2 aromatic carbocycles. The number of nitrogens with one attached hydrogen (secondary N) is 1. The second-order valence-electron chi connectivity index (χ2n) is 5.15. The van der Waals surface area contributed by atoms with E-state index in [9.17, 15) is 14.7 Å². The average Bonchev–Trinajstić information content (AvgIpc) is 2.56. The monoisotopic (exact) mass is 391 g/mol. The van der Waals surface area contributed by atoms with Crippen LogP contribution in [-0.4, -0.2) is 23.6 Å². The molecule has 0 atom stereocenters. The highest BCUT2D eigenvalue weighted by atomic mass is 79.9. The number of para-hydroxylation sites is 1. The molecule has 126 valence electrons. The summed E-state index contributed by atoms with van der Waals surface area (Å²) in [5.74, 6) is -1.05. The zero-order chi connectivity index (χ0) is 17.5. The summed E-state index contributed by atoms with van der Waals surface area (Å²) < 4.78 is 6.41. The van der Waals surface area contributed by atoms with Gasteiger partial charge in [0.15, 0.2) is 0 Å². The van der Waals surface area contributed by atoms with Gasteiger partial charge in [-0.15, -0.1) is 0 Å². The zero-order valence-corrected chi connectivity index (χ0v) is 14.8. The third-order valence-corrected chi connectivity index (χ3v) is 3.84. The molecule has 0 fully saturated rings. The first-order valence-electron chi connectivity index (χ1n) is 7.59. The second-order valence-corrected chi connectivity index (χ2v) is 6.06. The standard InChI is InChI=1S/C18H18BrNO4/c1-2-3-10-24-16-9-8-12(19)11-14(16)17(21)20-15-7-5-4-6-13(15)18(22)23/h4-9,11H,2-3,10H2,1H3,(H,20,21)(H,22,23). The van der Waals surface area contributed by atoms with Gasteiger partial charge in [0.25, 0.3) is 5.91 Å². The Morgan fingerprint density at radius 2 is 1.92 bits per heavy atom. The van der Waals surface area contributed by atoms with Crippen LogP contribution >= 0.6 is 15.9 Å². The maximum absolute atomic E-state index is 12.6. The van der Waals surface area contributed by atoms with Crippen molar-refractivity contribution in [1.29, 1.82) is 0 Å². The second kappa shape index (κ2) is 8.49. The van der Waals surface area contributed by atoms with Gasteiger partial charge in [-0.25, -0.2) is 4.79 Å². The minimum absolute atomic E-state index is 0.0364. The first kappa shape index (κ1) is 18.0. The van der Waals surface area contributed by atoms with Crippen LogP contribution in [0.3, 0.4) is 0 Å². The van der Waals surface area contributed by atoms with Crippen molar-refractivity contribution in [3.05, 3.63) is 58.1 Å². The molecule has 0 radical (unpaired) electrons. The zero-order valence-electron chi connectivity index (χ0n) is 13.2. The third kappa shape index (κ3) is 4.58. The van der Waals surface area contributed by atoms with Crippen molar-refractivity contribution in [3.8, 4) is 5.75 Å². The molecule has 0 aromatic heterocycles. The number of hydrogen-bond acceptors (Lipinski definition) is 3. The molecule has 2 N–H and O–H groups in total. The fraction of sp³-hybridized carbons (Fsp3) is 0.222. The van der Waals surface area contributed by atoms with Gasteiger partial charge in [-0.05, 0) is 36.8 Å². The van der Waals surface area contributed by atoms with Gasteiger partial charge in [-0.2, -0.15) is 0 Å². The van der Waals surface area contributed by atoms with Gasteiger partial charge in [0.2, 0.25) is 0 Å². The number of aromatic carboxylic acids is 1. The van der Waals surface area contributed by atoms with E-state index in [0.29, 0.717) is 17.9 Å². The minimum Gasteiger partial charge on any atom is -0.493 e. The lowest BCUT2D eigenvalue weighted by molar-refractivity contribution is 0.0698. The normalized spacial score (nSPS) is 10.2. The molecule has 0 bridgehead atoms. The Morgan fingerprint density at radius 1 is 1.17 bits per heavy atom. The molecule has 1 amide bonds. The SMILES string of the molecule is CCCCOc1ccc(Br)cc1C(=O)Nc1ccccc1C(=O)O. The van der Waals surface area contributed by atoms with Crippen LogP contribution in [0.25, 0.3) is 0 Å². The summed E-state index contributed by atoms with van der Waals surface area (Å²) in [6.07, 6.45) is 1.88. The smallest absolute Gasteiger partial charge is 0.337 e. The average molecular weight is 392 g/mol. The van der Waals surface area contributed by atoms with E-state index in [2.05, 4.69) is 28.2 Å². The van der Waals surface area contributed by atoms with E-state index in [4.69, 9.17) is 4.74 Å². The number of carbonyl (C=O) groups excluding carboxylic acids is 1. The van der Waals surface area contributed by atoms with Crippen LogP contribution in [0.4, 0.5) is 5.69 Å². The van der Waals surface area contributed by atoms with Crippen molar-refractivity contribution in [2.75, 3.05) is 11.9 Å². The van der Waals surface area contributed by atoms with Gasteiger partial charge in [0, 0.05) is 4.47 Å². The molecule has 24 heavy (non-hydrogen) atoms. The molecule has 0 saturated carbocycles. The summed E-state index contributed by atoms with van der Waals surface area (Å²) in [5, 5.41) is 11.9. The maximum Gasteiger partial charge on any atom is 0.337 e. The fourth-order valence-electron chi connectivity index (χ4n) is 2.10. The summed E-state index contributed by atoms with van der Waals surface area (Å²) in [5.41, 5.74) is 0.629. The largest absolute Gasteiger partial charge is 0.493 e. The number of carbonyl (C=O) groups is 2. The summed E-state index contributed by atoms with van der Waals surface area (Å²) in [7, 11) is 0. The molecular formula is C18H18BrNO4. The van der Waals surface area contributed by atoms with Crippen LogP contribution in [0.2, 0.25) is 0 Å². The molecular weight excluding hydrogens is 374 g/mol. The molecule has 0 aliphatic rings. The Hall–Kier alpha value is -2.34. The molecule has 0 spiro atoms. The molecule has 0 aliphatic heterocycles. The number of carboxylic acid groups (broad SMARTS) is 1. The first-order chi connectivity index (χ1) is 11.5. The quantitative estimate of drug-likeness (QED) is 0.677. The molecule has 0 unspecified atom stereocenters. The number of carboxylic acids is 1. The lowest BCUT2D eigenvalue weighted by Crippen LogP contribution is -2.16. The van der Waals surface area contributed by atoms with Crippen LogP contribution < -0.4 is 10.1 Å². The molecule has 2 aromatic rings. The summed E-state index contributed by atoms with van der Waals surface area (Å²) in [6.45, 7) is 2.57. The Morgan fingerprint density at radius 3 is 2.62 bits per heavy atom. The first-order valence-corrected chi connectivity index (χ1v) is 8.38. The van der Waals surface area contributed by atoms with E-state index in [1.54, 1.807) is 36.4 Å². The van der Waals surface area contributed by atoms with E-state index in [0.717, 1.165) is 17.3 Å². The Bertz CT molecular complexity index is 746. The van der Waals surface area contributed by atoms with Gasteiger partial charge in [-0.3, -0.25) is 4.79 Å². The predicted octanol–water partition coefficient (Wildman–Crippen LogP) is 4.58. The lowest BCUT2D eigenvalue weighted by Gasteiger charge is -2.13. The molecule has 0 aliphatic carbocycles. The van der Waals surface area contributed by atoms with Crippen molar-refractivity contribution >= 4 is 33.5 Å². The fourth-order valence-corrected chi connectivity index (χ4v) is 2.46. The van der Waals surface area contributed by atoms with Crippen LogP contribution in [0.15, 0.2) is 46.9 Å². The number of amides is 1. The molecule has 6 heteroatoms. The van der Waals surface area contributed by atoms with E-state index >= 15 is 0 Å². The van der Waals surface area contributed by atoms with Gasteiger partial charge >= 0.3 is 5.97 Å². The number of anilines is 1. The van der Waals surface area contributed by atoms with Gasteiger partial charge in [0.05, 0.1) is 23.4 Å². The Balaban J connectivity index is 2.26. The van der Waals surface area contributed by atoms with E-state index in [1.165, 1.54) is 6.07 Å².